The van der Waals surface area contributed by atoms with Gasteiger partial charge in [-0.25, -0.2) is 0 Å². The van der Waals surface area contributed by atoms with E-state index in [2.05, 4.69) is 0 Å². The van der Waals surface area contributed by atoms with Crippen LogP contribution < -0.4 is 20.6 Å². The average molecular weight is 564 g/mol. The van der Waals surface area contributed by atoms with Crippen molar-refractivity contribution in [2.45, 2.75) is 12.6 Å². The molecule has 1 amide bonds. The van der Waals surface area contributed by atoms with Crippen molar-refractivity contribution in [2.75, 3.05) is 59.6 Å². The molecule has 0 aliphatic carbocycles. The Kier molecular flexibility index (Phi) is 11.1. The van der Waals surface area contributed by atoms with E-state index < -0.39 is 34.8 Å². The molecule has 0 bridgehead atoms. The monoisotopic (exact) mass is 563 g/mol. The highest BCUT2D eigenvalue weighted by atomic mass is 16.6. The fraction of sp³-hybridized carbons (Fsp3) is 0.500. The number of pyridine rings is 2. The predicted molar refractivity (Wildman–Crippen MR) is 144 cm³/mol. The van der Waals surface area contributed by atoms with Crippen molar-refractivity contribution in [1.29, 1.82) is 0 Å². The van der Waals surface area contributed by atoms with Crippen molar-refractivity contribution in [2.24, 2.45) is 14.1 Å². The number of carbonyl (C=O) groups excluding carboxylic acids is 1. The molecule has 2 aromatic heterocycles. The summed E-state index contributed by atoms with van der Waals surface area (Å²) >= 11 is 0. The van der Waals surface area contributed by atoms with E-state index in [1.165, 1.54) is 47.8 Å². The highest BCUT2D eigenvalue weighted by molar-refractivity contribution is 5.77. The molecule has 3 rings (SSSR count). The van der Waals surface area contributed by atoms with Gasteiger partial charge < -0.3 is 38.5 Å². The molecule has 1 aliphatic heterocycles. The topological polar surface area (TPSA) is 159 Å². The minimum Gasteiger partial charge on any atom is -0.500 e. The summed E-state index contributed by atoms with van der Waals surface area (Å²) in [6.45, 7) is 3.26. The molecule has 220 valence electrons. The lowest BCUT2D eigenvalue weighted by Gasteiger charge is -2.29. The third-order valence-corrected chi connectivity index (χ3v) is 6.39. The molecule has 3 N–H and O–H groups in total. The predicted octanol–water partition coefficient (Wildman–Crippen LogP) is -0.293. The van der Waals surface area contributed by atoms with E-state index in [9.17, 15) is 29.8 Å². The van der Waals surface area contributed by atoms with Crippen LogP contribution in [0.1, 0.15) is 6.42 Å². The molecule has 2 aromatic rings. The van der Waals surface area contributed by atoms with Crippen LogP contribution in [0.25, 0.3) is 0 Å². The molecule has 14 nitrogen and oxygen atoms in total. The van der Waals surface area contributed by atoms with Crippen molar-refractivity contribution < 1.29 is 34.4 Å². The number of aryl methyl sites for hydroxylation is 2. The number of aromatic nitrogens is 2. The second kappa shape index (κ2) is 14.5. The molecule has 0 spiro atoms. The van der Waals surface area contributed by atoms with Gasteiger partial charge in [0.1, 0.15) is 13.2 Å². The molecule has 40 heavy (non-hydrogen) atoms. The Hall–Kier alpha value is -3.85. The van der Waals surface area contributed by atoms with Gasteiger partial charge in [0.2, 0.25) is 11.5 Å². The largest absolute Gasteiger partial charge is 0.500 e. The first kappa shape index (κ1) is 30.7. The Morgan fingerprint density at radius 1 is 0.850 bits per heavy atom. The van der Waals surface area contributed by atoms with Crippen molar-refractivity contribution in [3.05, 3.63) is 57.4 Å². The Morgan fingerprint density at radius 3 is 2.00 bits per heavy atom. The van der Waals surface area contributed by atoms with Crippen molar-refractivity contribution in [3.8, 4) is 23.0 Å². The quantitative estimate of drug-likeness (QED) is 0.193. The maximum absolute atomic E-state index is 11.9. The molecule has 1 atom stereocenters. The molecule has 0 fully saturated rings. The number of amides is 1. The van der Waals surface area contributed by atoms with E-state index in [1.807, 2.05) is 16.8 Å². The van der Waals surface area contributed by atoms with Crippen LogP contribution >= 0.6 is 0 Å². The number of likely N-dealkylation sites (N-methyl/N-ethyl adjacent to an activating group) is 1. The number of nitrogens with zero attached hydrogens (tertiary/aromatic N) is 5. The summed E-state index contributed by atoms with van der Waals surface area (Å²) in [4.78, 5) is 39.5. The standard InChI is InChI=1S/C26H37N5O9/c1-27(13-16-38-19-7-9-28(2)25(35)23(19)33)11-12-30(15-18-40-22-6-4-5-21(32)31(22)37)14-17-39-20-8-10-29(3)26(36)24(20)34/h4,6-10,22,33-34,37H,5,11-18H2,1-3H3. The Labute approximate surface area is 231 Å². The van der Waals surface area contributed by atoms with E-state index in [-0.39, 0.29) is 37.7 Å². The maximum Gasteiger partial charge on any atom is 0.296 e. The second-order valence-electron chi connectivity index (χ2n) is 9.36. The first-order valence-electron chi connectivity index (χ1n) is 12.8. The van der Waals surface area contributed by atoms with Crippen LogP contribution in [0.3, 0.4) is 0 Å². The van der Waals surface area contributed by atoms with Gasteiger partial charge in [-0.2, -0.15) is 5.06 Å². The molecule has 0 saturated carbocycles. The zero-order valence-corrected chi connectivity index (χ0v) is 22.9. The van der Waals surface area contributed by atoms with E-state index in [0.29, 0.717) is 37.8 Å². The van der Waals surface area contributed by atoms with Crippen LogP contribution in [0.5, 0.6) is 23.0 Å². The van der Waals surface area contributed by atoms with Crippen molar-refractivity contribution >= 4 is 5.91 Å². The summed E-state index contributed by atoms with van der Waals surface area (Å²) in [5, 5.41) is 30.5. The van der Waals surface area contributed by atoms with Crippen LogP contribution in [0.15, 0.2) is 46.3 Å². The maximum atomic E-state index is 11.9. The van der Waals surface area contributed by atoms with E-state index >= 15 is 0 Å². The lowest BCUT2D eigenvalue weighted by molar-refractivity contribution is -0.207. The normalized spacial score (nSPS) is 15.3. The Bertz CT molecular complexity index is 1290. The van der Waals surface area contributed by atoms with Gasteiger partial charge in [0, 0.05) is 77.8 Å². The van der Waals surface area contributed by atoms with Crippen LogP contribution in [-0.2, 0) is 23.6 Å². The smallest absolute Gasteiger partial charge is 0.296 e. The van der Waals surface area contributed by atoms with Crippen LogP contribution in [0.2, 0.25) is 0 Å². The van der Waals surface area contributed by atoms with E-state index in [1.54, 1.807) is 12.2 Å². The summed E-state index contributed by atoms with van der Waals surface area (Å²) in [5.74, 6) is -1.12. The molecule has 14 heteroatoms. The molecule has 0 radical (unpaired) electrons. The Balaban J connectivity index is 1.51. The number of hydrogen-bond donors (Lipinski definition) is 3. The summed E-state index contributed by atoms with van der Waals surface area (Å²) < 4.78 is 19.4. The van der Waals surface area contributed by atoms with Gasteiger partial charge in [-0.15, -0.1) is 0 Å². The summed E-state index contributed by atoms with van der Waals surface area (Å²) in [7, 11) is 4.97. The van der Waals surface area contributed by atoms with Crippen LogP contribution in [-0.4, -0.2) is 111 Å². The highest BCUT2D eigenvalue weighted by Gasteiger charge is 2.23. The molecule has 0 saturated heterocycles. The first-order chi connectivity index (χ1) is 19.1. The minimum atomic E-state index is -0.858. The number of aromatic hydroxyl groups is 2. The lowest BCUT2D eigenvalue weighted by atomic mass is 10.2. The highest BCUT2D eigenvalue weighted by Crippen LogP contribution is 2.20. The zero-order chi connectivity index (χ0) is 29.2. The second-order valence-corrected chi connectivity index (χ2v) is 9.36. The molecule has 0 aromatic carbocycles. The SMILES string of the molecule is CN(CCOc1ccn(C)c(=O)c1O)CCN(CCOc1ccn(C)c(=O)c1O)CCOC1C=CCC(=O)N1O. The van der Waals surface area contributed by atoms with Crippen molar-refractivity contribution in [3.63, 3.8) is 0 Å². The van der Waals surface area contributed by atoms with E-state index in [0.717, 1.165) is 0 Å². The molecular formula is C26H37N5O9. The third-order valence-electron chi connectivity index (χ3n) is 6.39. The summed E-state index contributed by atoms with van der Waals surface area (Å²) in [5.41, 5.74) is -1.09. The Morgan fingerprint density at radius 2 is 1.40 bits per heavy atom. The van der Waals surface area contributed by atoms with Crippen molar-refractivity contribution in [1.82, 2.24) is 24.0 Å². The number of ether oxygens (including phenoxy) is 3. The van der Waals surface area contributed by atoms with Gasteiger partial charge in [-0.05, 0) is 13.1 Å². The molecule has 1 unspecified atom stereocenters. The van der Waals surface area contributed by atoms with Gasteiger partial charge >= 0.3 is 0 Å². The zero-order valence-electron chi connectivity index (χ0n) is 22.9. The number of hydroxylamine groups is 2. The molecule has 1 aliphatic rings. The van der Waals surface area contributed by atoms with Gasteiger partial charge in [0.25, 0.3) is 17.0 Å². The van der Waals surface area contributed by atoms with Gasteiger partial charge in [0.15, 0.2) is 17.7 Å². The van der Waals surface area contributed by atoms with E-state index in [4.69, 9.17) is 14.2 Å². The van der Waals surface area contributed by atoms with Gasteiger partial charge in [-0.3, -0.25) is 24.5 Å². The van der Waals surface area contributed by atoms with Crippen LogP contribution in [0.4, 0.5) is 0 Å². The molecule has 3 heterocycles. The third kappa shape index (κ3) is 8.32. The minimum absolute atomic E-state index is 0.0920. The van der Waals surface area contributed by atoms with Gasteiger partial charge in [0.05, 0.1) is 6.61 Å². The number of carbonyl (C=O) groups is 1. The molecular weight excluding hydrogens is 526 g/mol. The lowest BCUT2D eigenvalue weighted by Crippen LogP contribution is -2.43. The first-order valence-corrected chi connectivity index (χ1v) is 12.8. The van der Waals surface area contributed by atoms with Gasteiger partial charge in [-0.1, -0.05) is 6.08 Å². The number of rotatable bonds is 15. The summed E-state index contributed by atoms with van der Waals surface area (Å²) in [6, 6.07) is 3.04. The fourth-order valence-corrected chi connectivity index (χ4v) is 3.82. The summed E-state index contributed by atoms with van der Waals surface area (Å²) in [6.07, 6.45) is 5.54. The average Bonchev–Trinajstić information content (AvgIpc) is 2.93. The van der Waals surface area contributed by atoms with Crippen LogP contribution in [0, 0.1) is 0 Å². The fourth-order valence-electron chi connectivity index (χ4n) is 3.82. The number of hydrogen-bond acceptors (Lipinski definition) is 11.